The Morgan fingerprint density at radius 1 is 1.15 bits per heavy atom. The van der Waals surface area contributed by atoms with Crippen molar-refractivity contribution in [1.82, 2.24) is 4.98 Å². The minimum absolute atomic E-state index is 0.267. The number of alkyl halides is 3. The van der Waals surface area contributed by atoms with E-state index in [0.29, 0.717) is 6.07 Å². The molecule has 3 rings (SSSR count). The number of ether oxygens (including phenoxy) is 1. The predicted octanol–water partition coefficient (Wildman–Crippen LogP) is 4.05. The first-order valence-electron chi connectivity index (χ1n) is 7.70. The second-order valence-electron chi connectivity index (χ2n) is 6.23. The number of aliphatic imine (C=N–C) groups is 1. The molecule has 0 spiro atoms. The van der Waals surface area contributed by atoms with Gasteiger partial charge >= 0.3 is 6.18 Å². The summed E-state index contributed by atoms with van der Waals surface area (Å²) in [4.78, 5) is 7.19. The van der Waals surface area contributed by atoms with Gasteiger partial charge in [-0.1, -0.05) is 0 Å². The van der Waals surface area contributed by atoms with Crippen molar-refractivity contribution in [2.75, 3.05) is 0 Å². The molecule has 4 nitrogen and oxygen atoms in total. The van der Waals surface area contributed by atoms with E-state index >= 15 is 0 Å². The Bertz CT molecular complexity index is 914. The molecule has 2 aromatic rings. The van der Waals surface area contributed by atoms with Gasteiger partial charge in [0, 0.05) is 35.4 Å². The van der Waals surface area contributed by atoms with Crippen molar-refractivity contribution in [3.8, 4) is 11.1 Å². The van der Waals surface area contributed by atoms with Crippen molar-refractivity contribution in [2.45, 2.75) is 31.2 Å². The van der Waals surface area contributed by atoms with Gasteiger partial charge < -0.3 is 10.5 Å². The molecule has 2 N–H and O–H groups in total. The number of pyridine rings is 1. The van der Waals surface area contributed by atoms with Crippen molar-refractivity contribution in [3.05, 3.63) is 53.6 Å². The van der Waals surface area contributed by atoms with E-state index in [0.717, 1.165) is 12.3 Å². The van der Waals surface area contributed by atoms with Gasteiger partial charge in [-0.25, -0.2) is 18.8 Å². The van der Waals surface area contributed by atoms with Crippen molar-refractivity contribution in [2.24, 2.45) is 10.7 Å². The van der Waals surface area contributed by atoms with E-state index in [1.807, 2.05) is 0 Å². The fraction of sp³-hybridized carbons (Fsp3) is 0.294. The van der Waals surface area contributed by atoms with E-state index in [4.69, 9.17) is 5.73 Å². The maximum Gasteiger partial charge on any atom is 0.425 e. The van der Waals surface area contributed by atoms with E-state index in [2.05, 4.69) is 14.7 Å². The summed E-state index contributed by atoms with van der Waals surface area (Å²) in [6.45, 7) is 1.21. The van der Waals surface area contributed by atoms with E-state index in [1.54, 1.807) is 0 Å². The highest BCUT2D eigenvalue weighted by molar-refractivity contribution is 5.73. The van der Waals surface area contributed by atoms with Gasteiger partial charge in [-0.2, -0.15) is 17.6 Å². The lowest BCUT2D eigenvalue weighted by molar-refractivity contribution is -0.208. The molecular formula is C17H13F6N3O. The molecule has 0 radical (unpaired) electrons. The third-order valence-corrected chi connectivity index (χ3v) is 4.25. The van der Waals surface area contributed by atoms with Crippen LogP contribution in [0.25, 0.3) is 11.1 Å². The Morgan fingerprint density at radius 2 is 1.85 bits per heavy atom. The first kappa shape index (κ1) is 19.0. The molecule has 1 aliphatic heterocycles. The van der Waals surface area contributed by atoms with E-state index in [1.165, 1.54) is 19.1 Å². The van der Waals surface area contributed by atoms with Crippen molar-refractivity contribution >= 4 is 6.02 Å². The number of aromatic nitrogens is 1. The molecule has 2 heterocycles. The van der Waals surface area contributed by atoms with Gasteiger partial charge in [-0.05, 0) is 25.1 Å². The maximum atomic E-state index is 14.4. The molecule has 0 saturated heterocycles. The number of hydrogen-bond acceptors (Lipinski definition) is 4. The Hall–Kier alpha value is -2.78. The monoisotopic (exact) mass is 389 g/mol. The Kier molecular flexibility index (Phi) is 4.52. The van der Waals surface area contributed by atoms with Crippen LogP contribution < -0.4 is 5.73 Å². The molecule has 0 bridgehead atoms. The van der Waals surface area contributed by atoms with Gasteiger partial charge in [0.1, 0.15) is 11.6 Å². The summed E-state index contributed by atoms with van der Waals surface area (Å²) in [5.74, 6) is -3.24. The summed E-state index contributed by atoms with van der Waals surface area (Å²) >= 11 is 0. The van der Waals surface area contributed by atoms with Crippen LogP contribution in [0, 0.1) is 17.6 Å². The molecule has 0 fully saturated rings. The third kappa shape index (κ3) is 3.56. The van der Waals surface area contributed by atoms with Crippen LogP contribution >= 0.6 is 0 Å². The topological polar surface area (TPSA) is 60.5 Å². The quantitative estimate of drug-likeness (QED) is 0.623. The number of benzene rings is 1. The van der Waals surface area contributed by atoms with E-state index < -0.39 is 47.8 Å². The number of halogens is 6. The Labute approximate surface area is 149 Å². The van der Waals surface area contributed by atoms with Crippen LogP contribution in [-0.4, -0.2) is 23.3 Å². The number of nitrogens with two attached hydrogens (primary N) is 1. The molecule has 0 aliphatic carbocycles. The predicted molar refractivity (Wildman–Crippen MR) is 84.1 cm³/mol. The van der Waals surface area contributed by atoms with Gasteiger partial charge in [-0.3, -0.25) is 0 Å². The lowest BCUT2D eigenvalue weighted by Crippen LogP contribution is -2.46. The molecule has 0 amide bonds. The summed E-state index contributed by atoms with van der Waals surface area (Å²) in [6, 6.07) is 3.16. The molecule has 1 aliphatic rings. The normalized spacial score (nSPS) is 22.9. The summed E-state index contributed by atoms with van der Waals surface area (Å²) in [5, 5.41) is 0. The van der Waals surface area contributed by atoms with Gasteiger partial charge in [0.2, 0.25) is 5.95 Å². The lowest BCUT2D eigenvalue weighted by Gasteiger charge is -2.36. The standard InChI is InChI=1S/C17H13F6N3O/c1-16(7-13(17(21,22)23)27-15(24)26-16)10-5-9(11(18)6-12(10)19)8-3-2-4-25-14(8)20/h2-6,13H,7H2,1H3,(H2,24,26)/t13-,16-/m0/s1. The zero-order valence-electron chi connectivity index (χ0n) is 13.8. The minimum atomic E-state index is -4.77. The molecular weight excluding hydrogens is 376 g/mol. The lowest BCUT2D eigenvalue weighted by atomic mass is 9.84. The molecule has 2 atom stereocenters. The number of rotatable bonds is 2. The molecule has 144 valence electrons. The molecule has 27 heavy (non-hydrogen) atoms. The van der Waals surface area contributed by atoms with Crippen LogP contribution in [0.4, 0.5) is 26.3 Å². The van der Waals surface area contributed by atoms with Gasteiger partial charge in [0.05, 0.1) is 5.54 Å². The van der Waals surface area contributed by atoms with Crippen LogP contribution in [0.2, 0.25) is 0 Å². The van der Waals surface area contributed by atoms with Crippen molar-refractivity contribution < 1.29 is 31.1 Å². The fourth-order valence-corrected chi connectivity index (χ4v) is 2.97. The van der Waals surface area contributed by atoms with Crippen molar-refractivity contribution in [1.29, 1.82) is 0 Å². The third-order valence-electron chi connectivity index (χ3n) is 4.25. The SMILES string of the molecule is C[C@@]1(c2cc(-c3cccnc3F)c(F)cc2F)C[C@@H](C(F)(F)F)OC(N)=N1. The van der Waals surface area contributed by atoms with Gasteiger partial charge in [0.25, 0.3) is 6.02 Å². The second kappa shape index (κ2) is 6.43. The molecule has 0 unspecified atom stereocenters. The zero-order chi connectivity index (χ0) is 20.0. The average molecular weight is 389 g/mol. The molecule has 0 saturated carbocycles. The number of hydrogen-bond donors (Lipinski definition) is 1. The largest absolute Gasteiger partial charge is 0.452 e. The number of amidine groups is 1. The summed E-state index contributed by atoms with van der Waals surface area (Å²) in [6.07, 6.45) is -6.73. The summed E-state index contributed by atoms with van der Waals surface area (Å²) in [5.41, 5.74) is 2.55. The van der Waals surface area contributed by atoms with Gasteiger partial charge in [0.15, 0.2) is 6.10 Å². The van der Waals surface area contributed by atoms with Crippen molar-refractivity contribution in [3.63, 3.8) is 0 Å². The van der Waals surface area contributed by atoms with Crippen LogP contribution in [0.15, 0.2) is 35.5 Å². The Balaban J connectivity index is 2.15. The maximum absolute atomic E-state index is 14.4. The number of nitrogens with zero attached hydrogens (tertiary/aromatic N) is 2. The van der Waals surface area contributed by atoms with Crippen LogP contribution in [0.3, 0.4) is 0 Å². The first-order valence-corrected chi connectivity index (χ1v) is 7.70. The summed E-state index contributed by atoms with van der Waals surface area (Å²) in [7, 11) is 0. The highest BCUT2D eigenvalue weighted by atomic mass is 19.4. The van der Waals surface area contributed by atoms with Crippen LogP contribution in [0.5, 0.6) is 0 Å². The highest BCUT2D eigenvalue weighted by Crippen LogP contribution is 2.42. The zero-order valence-corrected chi connectivity index (χ0v) is 13.8. The second-order valence-corrected chi connectivity index (χ2v) is 6.23. The minimum Gasteiger partial charge on any atom is -0.452 e. The molecule has 1 aromatic heterocycles. The highest BCUT2D eigenvalue weighted by Gasteiger charge is 2.50. The van der Waals surface area contributed by atoms with Crippen LogP contribution in [-0.2, 0) is 10.3 Å². The average Bonchev–Trinajstić information content (AvgIpc) is 2.54. The van der Waals surface area contributed by atoms with E-state index in [9.17, 15) is 26.3 Å². The smallest absolute Gasteiger partial charge is 0.425 e. The molecule has 10 heteroatoms. The Morgan fingerprint density at radius 3 is 2.48 bits per heavy atom. The summed E-state index contributed by atoms with van der Waals surface area (Å²) < 4.78 is 86.4. The fourth-order valence-electron chi connectivity index (χ4n) is 2.97. The molecule has 1 aromatic carbocycles. The van der Waals surface area contributed by atoms with E-state index in [-0.39, 0.29) is 16.7 Å². The first-order chi connectivity index (χ1) is 12.5. The van der Waals surface area contributed by atoms with Crippen LogP contribution in [0.1, 0.15) is 18.9 Å². The van der Waals surface area contributed by atoms with Gasteiger partial charge in [-0.15, -0.1) is 0 Å².